The van der Waals surface area contributed by atoms with Crippen LogP contribution in [0.15, 0.2) is 84.9 Å². The number of carbonyl (C=O) groups is 1. The van der Waals surface area contributed by atoms with Gasteiger partial charge < -0.3 is 9.64 Å². The largest absolute Gasteiger partial charge is 0.497 e. The molecule has 1 aliphatic heterocycles. The first-order valence-corrected chi connectivity index (χ1v) is 9.47. The van der Waals surface area contributed by atoms with Gasteiger partial charge in [0.25, 0.3) is 5.91 Å². The molecule has 140 valence electrons. The molecule has 0 N–H and O–H groups in total. The minimum atomic E-state index is -0.448. The number of methoxy groups -OCH3 is 1. The Kier molecular flexibility index (Phi) is 5.08. The highest BCUT2D eigenvalue weighted by Crippen LogP contribution is 2.35. The number of ether oxygens (including phenoxy) is 1. The fourth-order valence-corrected chi connectivity index (χ4v) is 3.81. The summed E-state index contributed by atoms with van der Waals surface area (Å²) in [6.45, 7) is 0.539. The zero-order valence-corrected chi connectivity index (χ0v) is 16.3. The van der Waals surface area contributed by atoms with Crippen molar-refractivity contribution in [3.05, 3.63) is 96.1 Å². The summed E-state index contributed by atoms with van der Waals surface area (Å²) < 4.78 is 5.24. The minimum absolute atomic E-state index is 0.0316. The highest BCUT2D eigenvalue weighted by atomic mass is 32.1. The van der Waals surface area contributed by atoms with E-state index in [4.69, 9.17) is 17.0 Å². The smallest absolute Gasteiger partial charge is 0.260 e. The van der Waals surface area contributed by atoms with Crippen LogP contribution < -0.4 is 9.64 Å². The lowest BCUT2D eigenvalue weighted by molar-refractivity contribution is -0.120. The van der Waals surface area contributed by atoms with E-state index in [0.29, 0.717) is 11.7 Å². The Morgan fingerprint density at radius 2 is 1.50 bits per heavy atom. The number of anilines is 1. The van der Waals surface area contributed by atoms with Crippen LogP contribution >= 0.6 is 12.2 Å². The van der Waals surface area contributed by atoms with E-state index in [9.17, 15) is 4.79 Å². The zero-order valence-electron chi connectivity index (χ0n) is 15.5. The second-order valence-corrected chi connectivity index (χ2v) is 6.95. The van der Waals surface area contributed by atoms with Gasteiger partial charge in [0, 0.05) is 6.54 Å². The third kappa shape index (κ3) is 3.37. The average Bonchev–Trinajstić information content (AvgIpc) is 2.99. The van der Waals surface area contributed by atoms with Gasteiger partial charge >= 0.3 is 0 Å². The van der Waals surface area contributed by atoms with E-state index in [1.54, 1.807) is 12.0 Å². The molecule has 0 unspecified atom stereocenters. The van der Waals surface area contributed by atoms with E-state index in [1.165, 1.54) is 0 Å². The molecule has 3 aromatic carbocycles. The summed E-state index contributed by atoms with van der Waals surface area (Å²) in [5.74, 6) is 0.769. The first kappa shape index (κ1) is 18.2. The highest BCUT2D eigenvalue weighted by molar-refractivity contribution is 7.80. The molecule has 5 heteroatoms. The summed E-state index contributed by atoms with van der Waals surface area (Å²) in [5, 5.41) is 0.515. The molecule has 3 aromatic rings. The van der Waals surface area contributed by atoms with Gasteiger partial charge in [-0.1, -0.05) is 60.7 Å². The topological polar surface area (TPSA) is 32.8 Å². The number of rotatable bonds is 5. The molecule has 0 saturated carbocycles. The first-order chi connectivity index (χ1) is 13.7. The molecular formula is C23H20N2O2S. The monoisotopic (exact) mass is 388 g/mol. The van der Waals surface area contributed by atoms with Crippen molar-refractivity contribution in [3.63, 3.8) is 0 Å². The summed E-state index contributed by atoms with van der Waals surface area (Å²) in [6.07, 6.45) is 0. The molecule has 1 saturated heterocycles. The maximum atomic E-state index is 13.4. The Bertz CT molecular complexity index is 975. The number of nitrogens with zero attached hydrogens (tertiary/aromatic N) is 2. The first-order valence-electron chi connectivity index (χ1n) is 9.06. The van der Waals surface area contributed by atoms with E-state index in [-0.39, 0.29) is 5.91 Å². The number of carbonyl (C=O) groups excluding carboxylic acids is 1. The van der Waals surface area contributed by atoms with E-state index >= 15 is 0 Å². The van der Waals surface area contributed by atoms with Crippen LogP contribution in [0.3, 0.4) is 0 Å². The Balaban J connectivity index is 1.72. The summed E-state index contributed by atoms with van der Waals surface area (Å²) in [4.78, 5) is 17.0. The van der Waals surface area contributed by atoms with Crippen molar-refractivity contribution < 1.29 is 9.53 Å². The van der Waals surface area contributed by atoms with Crippen LogP contribution in [-0.4, -0.2) is 23.0 Å². The quantitative estimate of drug-likeness (QED) is 0.600. The summed E-state index contributed by atoms with van der Waals surface area (Å²) in [5.41, 5.74) is 2.78. The lowest BCUT2D eigenvalue weighted by Crippen LogP contribution is -2.32. The average molecular weight is 388 g/mol. The van der Waals surface area contributed by atoms with Crippen molar-refractivity contribution in [2.45, 2.75) is 12.6 Å². The Morgan fingerprint density at radius 3 is 2.11 bits per heavy atom. The van der Waals surface area contributed by atoms with Gasteiger partial charge in [-0.25, -0.2) is 0 Å². The van der Waals surface area contributed by atoms with Crippen molar-refractivity contribution in [2.75, 3.05) is 12.0 Å². The van der Waals surface area contributed by atoms with Crippen LogP contribution in [0.25, 0.3) is 0 Å². The zero-order chi connectivity index (χ0) is 19.5. The number of para-hydroxylation sites is 1. The van der Waals surface area contributed by atoms with E-state index in [0.717, 1.165) is 22.6 Å². The predicted molar refractivity (Wildman–Crippen MR) is 114 cm³/mol. The van der Waals surface area contributed by atoms with Crippen LogP contribution in [0.1, 0.15) is 17.2 Å². The number of benzene rings is 3. The van der Waals surface area contributed by atoms with Gasteiger partial charge in [0.15, 0.2) is 5.11 Å². The van der Waals surface area contributed by atoms with Gasteiger partial charge in [-0.15, -0.1) is 0 Å². The second-order valence-electron chi connectivity index (χ2n) is 6.58. The van der Waals surface area contributed by atoms with E-state index < -0.39 is 6.04 Å². The molecule has 1 atom stereocenters. The molecule has 0 bridgehead atoms. The second kappa shape index (κ2) is 7.82. The number of hydrogen-bond acceptors (Lipinski definition) is 3. The number of hydrogen-bond donors (Lipinski definition) is 0. The van der Waals surface area contributed by atoms with Crippen molar-refractivity contribution in [3.8, 4) is 5.75 Å². The van der Waals surface area contributed by atoms with Crippen molar-refractivity contribution in [1.29, 1.82) is 0 Å². The van der Waals surface area contributed by atoms with Gasteiger partial charge in [-0.2, -0.15) is 0 Å². The van der Waals surface area contributed by atoms with Gasteiger partial charge in [0.05, 0.1) is 12.8 Å². The SMILES string of the molecule is COc1ccc(CN2C(=S)N(c3ccccc3)C(=O)[C@@H]2c2ccccc2)cc1. The van der Waals surface area contributed by atoms with E-state index in [2.05, 4.69) is 0 Å². The van der Waals surface area contributed by atoms with Gasteiger partial charge in [0.2, 0.25) is 0 Å². The molecule has 1 amide bonds. The predicted octanol–water partition coefficient (Wildman–Crippen LogP) is 4.57. The van der Waals surface area contributed by atoms with Crippen LogP contribution in [0, 0.1) is 0 Å². The van der Waals surface area contributed by atoms with Crippen LogP contribution in [-0.2, 0) is 11.3 Å². The molecule has 1 aliphatic rings. The summed E-state index contributed by atoms with van der Waals surface area (Å²) in [6, 6.07) is 26.7. The van der Waals surface area contributed by atoms with Crippen LogP contribution in [0.5, 0.6) is 5.75 Å². The van der Waals surface area contributed by atoms with Gasteiger partial charge in [-0.3, -0.25) is 9.69 Å². The van der Waals surface area contributed by atoms with Crippen molar-refractivity contribution in [1.82, 2.24) is 4.90 Å². The molecule has 0 radical (unpaired) electrons. The molecule has 4 rings (SSSR count). The summed E-state index contributed by atoms with van der Waals surface area (Å²) in [7, 11) is 1.65. The maximum Gasteiger partial charge on any atom is 0.260 e. The standard InChI is InChI=1S/C23H20N2O2S/c1-27-20-14-12-17(13-15-20)16-24-21(18-8-4-2-5-9-18)22(26)25(23(24)28)19-10-6-3-7-11-19/h2-15,21H,16H2,1H3/t21-/m0/s1. The maximum absolute atomic E-state index is 13.4. The van der Waals surface area contributed by atoms with Crippen molar-refractivity contribution >= 4 is 28.9 Å². The highest BCUT2D eigenvalue weighted by Gasteiger charge is 2.43. The normalized spacial score (nSPS) is 16.5. The Labute approximate surface area is 170 Å². The summed E-state index contributed by atoms with van der Waals surface area (Å²) >= 11 is 5.75. The fourth-order valence-electron chi connectivity index (χ4n) is 3.45. The lowest BCUT2D eigenvalue weighted by atomic mass is 10.0. The van der Waals surface area contributed by atoms with Crippen LogP contribution in [0.4, 0.5) is 5.69 Å². The minimum Gasteiger partial charge on any atom is -0.497 e. The lowest BCUT2D eigenvalue weighted by Gasteiger charge is -2.24. The molecule has 0 spiro atoms. The molecule has 0 aromatic heterocycles. The molecule has 4 nitrogen and oxygen atoms in total. The molecule has 0 aliphatic carbocycles. The fraction of sp³-hybridized carbons (Fsp3) is 0.130. The Hall–Kier alpha value is -3.18. The van der Waals surface area contributed by atoms with Gasteiger partial charge in [-0.05, 0) is 47.6 Å². The molecular weight excluding hydrogens is 368 g/mol. The third-order valence-electron chi connectivity index (χ3n) is 4.84. The third-order valence-corrected chi connectivity index (χ3v) is 5.26. The van der Waals surface area contributed by atoms with Crippen LogP contribution in [0.2, 0.25) is 0 Å². The molecule has 1 heterocycles. The number of thiocarbonyl (C=S) groups is 1. The van der Waals surface area contributed by atoms with E-state index in [1.807, 2.05) is 89.8 Å². The molecule has 1 fully saturated rings. The Morgan fingerprint density at radius 1 is 0.893 bits per heavy atom. The van der Waals surface area contributed by atoms with Gasteiger partial charge in [0.1, 0.15) is 11.8 Å². The number of amides is 1. The van der Waals surface area contributed by atoms with Crippen molar-refractivity contribution in [2.24, 2.45) is 0 Å². The molecule has 28 heavy (non-hydrogen) atoms.